The number of hydrazine groups is 1. The summed E-state index contributed by atoms with van der Waals surface area (Å²) in [5.74, 6) is 6.76. The van der Waals surface area contributed by atoms with E-state index >= 15 is 0 Å². The SMILES string of the molecule is Cc1cc(OCc2ccc(NN)nc2)cc(C)c1Br. The zero-order valence-electron chi connectivity index (χ0n) is 10.9. The van der Waals surface area contributed by atoms with Crippen molar-refractivity contribution < 1.29 is 4.74 Å². The lowest BCUT2D eigenvalue weighted by molar-refractivity contribution is 0.305. The molecule has 0 aliphatic carbocycles. The average molecular weight is 322 g/mol. The lowest BCUT2D eigenvalue weighted by Crippen LogP contribution is -2.08. The minimum atomic E-state index is 0.484. The molecule has 0 bridgehead atoms. The molecule has 0 unspecified atom stereocenters. The molecule has 0 saturated heterocycles. The molecule has 0 radical (unpaired) electrons. The van der Waals surface area contributed by atoms with Gasteiger partial charge in [0.05, 0.1) is 0 Å². The molecule has 0 atom stereocenters. The van der Waals surface area contributed by atoms with Crippen LogP contribution in [0.5, 0.6) is 5.75 Å². The smallest absolute Gasteiger partial charge is 0.139 e. The second kappa shape index (κ2) is 6.04. The Labute approximate surface area is 121 Å². The van der Waals surface area contributed by atoms with E-state index in [1.54, 1.807) is 6.20 Å². The fourth-order valence-corrected chi connectivity index (χ4v) is 1.98. The number of nitrogens with zero attached hydrogens (tertiary/aromatic N) is 1. The van der Waals surface area contributed by atoms with Crippen molar-refractivity contribution in [3.05, 3.63) is 51.6 Å². The number of hydrogen-bond acceptors (Lipinski definition) is 4. The molecule has 1 aromatic carbocycles. The summed E-state index contributed by atoms with van der Waals surface area (Å²) in [5.41, 5.74) is 5.81. The minimum Gasteiger partial charge on any atom is -0.489 e. The molecule has 2 rings (SSSR count). The molecule has 0 amide bonds. The van der Waals surface area contributed by atoms with Crippen LogP contribution in [0.4, 0.5) is 5.82 Å². The van der Waals surface area contributed by atoms with Crippen LogP contribution in [-0.4, -0.2) is 4.98 Å². The summed E-state index contributed by atoms with van der Waals surface area (Å²) < 4.78 is 6.89. The Hall–Kier alpha value is -1.59. The number of rotatable bonds is 4. The number of nitrogens with one attached hydrogen (secondary N) is 1. The molecule has 3 N–H and O–H groups in total. The number of halogens is 1. The molecule has 0 aliphatic rings. The monoisotopic (exact) mass is 321 g/mol. The Kier molecular flexibility index (Phi) is 4.39. The highest BCUT2D eigenvalue weighted by atomic mass is 79.9. The van der Waals surface area contributed by atoms with E-state index in [1.807, 2.05) is 38.1 Å². The van der Waals surface area contributed by atoms with Crippen LogP contribution in [0.15, 0.2) is 34.9 Å². The van der Waals surface area contributed by atoms with Gasteiger partial charge in [-0.25, -0.2) is 10.8 Å². The molecule has 100 valence electrons. The summed E-state index contributed by atoms with van der Waals surface area (Å²) in [6.45, 7) is 4.58. The Morgan fingerprint density at radius 3 is 2.47 bits per heavy atom. The van der Waals surface area contributed by atoms with Crippen LogP contribution in [0.1, 0.15) is 16.7 Å². The first-order valence-corrected chi connectivity index (χ1v) is 6.70. The zero-order valence-corrected chi connectivity index (χ0v) is 12.5. The van der Waals surface area contributed by atoms with E-state index in [0.717, 1.165) is 26.9 Å². The second-order valence-electron chi connectivity index (χ2n) is 4.36. The van der Waals surface area contributed by atoms with Crippen molar-refractivity contribution in [3.8, 4) is 5.75 Å². The highest BCUT2D eigenvalue weighted by Crippen LogP contribution is 2.26. The number of benzene rings is 1. The lowest BCUT2D eigenvalue weighted by atomic mass is 10.1. The molecule has 1 heterocycles. The largest absolute Gasteiger partial charge is 0.489 e. The van der Waals surface area contributed by atoms with E-state index in [4.69, 9.17) is 10.6 Å². The number of nitrogens with two attached hydrogens (primary N) is 1. The summed E-state index contributed by atoms with van der Waals surface area (Å²) in [6, 6.07) is 7.78. The van der Waals surface area contributed by atoms with Gasteiger partial charge in [0.1, 0.15) is 18.2 Å². The maximum absolute atomic E-state index is 5.77. The first-order valence-electron chi connectivity index (χ1n) is 5.91. The van der Waals surface area contributed by atoms with E-state index in [1.165, 1.54) is 0 Å². The van der Waals surface area contributed by atoms with Gasteiger partial charge in [0, 0.05) is 16.2 Å². The Bertz CT molecular complexity index is 546. The van der Waals surface area contributed by atoms with Gasteiger partial charge in [-0.3, -0.25) is 0 Å². The summed E-state index contributed by atoms with van der Waals surface area (Å²) in [6.07, 6.45) is 1.74. The number of aromatic nitrogens is 1. The lowest BCUT2D eigenvalue weighted by Gasteiger charge is -2.10. The number of hydrogen-bond donors (Lipinski definition) is 2. The first kappa shape index (κ1) is 13.8. The van der Waals surface area contributed by atoms with Gasteiger partial charge >= 0.3 is 0 Å². The number of aryl methyl sites for hydroxylation is 2. The van der Waals surface area contributed by atoms with Crippen LogP contribution in [0.3, 0.4) is 0 Å². The molecule has 1 aromatic heterocycles. The molecule has 0 saturated carbocycles. The van der Waals surface area contributed by atoms with Crippen molar-refractivity contribution in [2.45, 2.75) is 20.5 Å². The van der Waals surface area contributed by atoms with E-state index in [-0.39, 0.29) is 0 Å². The van der Waals surface area contributed by atoms with Gasteiger partial charge in [-0.05, 0) is 43.2 Å². The third-order valence-electron chi connectivity index (χ3n) is 2.79. The fourth-order valence-electron chi connectivity index (χ4n) is 1.75. The zero-order chi connectivity index (χ0) is 13.8. The maximum atomic E-state index is 5.77. The van der Waals surface area contributed by atoms with Crippen LogP contribution in [0, 0.1) is 13.8 Å². The maximum Gasteiger partial charge on any atom is 0.139 e. The van der Waals surface area contributed by atoms with Gasteiger partial charge in [-0.1, -0.05) is 22.0 Å². The highest BCUT2D eigenvalue weighted by molar-refractivity contribution is 9.10. The van der Waals surface area contributed by atoms with Gasteiger partial charge in [0.25, 0.3) is 0 Å². The van der Waals surface area contributed by atoms with E-state index in [9.17, 15) is 0 Å². The first-order chi connectivity index (χ1) is 9.10. The quantitative estimate of drug-likeness (QED) is 0.670. The number of nitrogen functional groups attached to an aromatic ring is 1. The van der Waals surface area contributed by atoms with Crippen LogP contribution in [0.25, 0.3) is 0 Å². The number of pyridine rings is 1. The van der Waals surface area contributed by atoms with E-state index in [2.05, 4.69) is 26.3 Å². The summed E-state index contributed by atoms with van der Waals surface area (Å²) in [5, 5.41) is 0. The molecule has 0 spiro atoms. The average Bonchev–Trinajstić information content (AvgIpc) is 2.43. The van der Waals surface area contributed by atoms with Gasteiger partial charge in [0.15, 0.2) is 0 Å². The van der Waals surface area contributed by atoms with Gasteiger partial charge in [0.2, 0.25) is 0 Å². The normalized spacial score (nSPS) is 10.3. The molecule has 5 heteroatoms. The molecule has 0 fully saturated rings. The van der Waals surface area contributed by atoms with Crippen LogP contribution in [-0.2, 0) is 6.61 Å². The van der Waals surface area contributed by atoms with Gasteiger partial charge in [-0.2, -0.15) is 0 Å². The van der Waals surface area contributed by atoms with E-state index < -0.39 is 0 Å². The third kappa shape index (κ3) is 3.45. The Morgan fingerprint density at radius 1 is 1.26 bits per heavy atom. The third-order valence-corrected chi connectivity index (χ3v) is 4.04. The van der Waals surface area contributed by atoms with Crippen LogP contribution >= 0.6 is 15.9 Å². The van der Waals surface area contributed by atoms with Crippen molar-refractivity contribution in [2.24, 2.45) is 5.84 Å². The van der Waals surface area contributed by atoms with Gasteiger partial charge in [-0.15, -0.1) is 0 Å². The van der Waals surface area contributed by atoms with E-state index in [0.29, 0.717) is 12.4 Å². The Morgan fingerprint density at radius 2 is 1.95 bits per heavy atom. The second-order valence-corrected chi connectivity index (χ2v) is 5.15. The fraction of sp³-hybridized carbons (Fsp3) is 0.214. The standard InChI is InChI=1S/C14H16BrN3O/c1-9-5-12(6-10(2)14(9)15)19-8-11-3-4-13(18-16)17-7-11/h3-7H,8,16H2,1-2H3,(H,17,18). The van der Waals surface area contributed by atoms with Crippen molar-refractivity contribution in [1.82, 2.24) is 4.98 Å². The predicted molar refractivity (Wildman–Crippen MR) is 80.0 cm³/mol. The Balaban J connectivity index is 2.05. The van der Waals surface area contributed by atoms with Crippen LogP contribution in [0.2, 0.25) is 0 Å². The topological polar surface area (TPSA) is 60.2 Å². The number of anilines is 1. The van der Waals surface area contributed by atoms with Crippen molar-refractivity contribution >= 4 is 21.7 Å². The molecular weight excluding hydrogens is 306 g/mol. The highest BCUT2D eigenvalue weighted by Gasteiger charge is 2.03. The molecular formula is C14H16BrN3O. The molecule has 0 aliphatic heterocycles. The van der Waals surface area contributed by atoms with Crippen molar-refractivity contribution in [1.29, 1.82) is 0 Å². The van der Waals surface area contributed by atoms with Crippen molar-refractivity contribution in [2.75, 3.05) is 5.43 Å². The minimum absolute atomic E-state index is 0.484. The number of ether oxygens (including phenoxy) is 1. The summed E-state index contributed by atoms with van der Waals surface area (Å²) >= 11 is 3.54. The molecule has 2 aromatic rings. The van der Waals surface area contributed by atoms with Crippen LogP contribution < -0.4 is 16.0 Å². The molecule has 4 nitrogen and oxygen atoms in total. The summed E-state index contributed by atoms with van der Waals surface area (Å²) in [4.78, 5) is 4.14. The van der Waals surface area contributed by atoms with Gasteiger partial charge < -0.3 is 10.2 Å². The molecule has 19 heavy (non-hydrogen) atoms. The van der Waals surface area contributed by atoms with Crippen molar-refractivity contribution in [3.63, 3.8) is 0 Å². The predicted octanol–water partition coefficient (Wildman–Crippen LogP) is 3.33. The summed E-state index contributed by atoms with van der Waals surface area (Å²) in [7, 11) is 0.